The fourth-order valence-corrected chi connectivity index (χ4v) is 3.89. The second-order valence-corrected chi connectivity index (χ2v) is 7.48. The summed E-state index contributed by atoms with van der Waals surface area (Å²) < 4.78 is 11.5. The number of fused-ring (bicyclic) bond motifs is 1. The number of Topliss-reactive ketones (excluding diaryl/α,β-unsaturated/α-hetero) is 1. The van der Waals surface area contributed by atoms with Crippen LogP contribution in [0.15, 0.2) is 24.3 Å². The number of nitrogens with two attached hydrogens (primary N) is 1. The molecule has 146 valence electrons. The highest BCUT2D eigenvalue weighted by atomic mass is 16.5. The van der Waals surface area contributed by atoms with Gasteiger partial charge in [0.25, 0.3) is 0 Å². The second kappa shape index (κ2) is 9.18. The minimum Gasteiger partial charge on any atom is -0.490 e. The minimum atomic E-state index is 0.201. The molecule has 0 amide bonds. The molecule has 0 aliphatic heterocycles. The molecule has 1 aliphatic carbocycles. The first kappa shape index (κ1) is 19.6. The summed E-state index contributed by atoms with van der Waals surface area (Å²) in [6.07, 6.45) is 6.02. The minimum absolute atomic E-state index is 0.201. The van der Waals surface area contributed by atoms with Gasteiger partial charge in [0.2, 0.25) is 0 Å². The van der Waals surface area contributed by atoms with Gasteiger partial charge in [-0.1, -0.05) is 6.07 Å². The Morgan fingerprint density at radius 1 is 1.26 bits per heavy atom. The number of rotatable bonds is 8. The third kappa shape index (κ3) is 5.19. The van der Waals surface area contributed by atoms with Gasteiger partial charge in [0, 0.05) is 24.4 Å². The number of pyridine rings is 1. The van der Waals surface area contributed by atoms with E-state index >= 15 is 0 Å². The van der Waals surface area contributed by atoms with Crippen LogP contribution in [0.2, 0.25) is 0 Å². The predicted molar refractivity (Wildman–Crippen MR) is 108 cm³/mol. The molecule has 1 aliphatic rings. The standard InChI is InChI=1S/C22H30N2O3/c1-3-26-14-17(25)10-7-16-8-11-18(12-9-16)27-21-6-4-5-20-22(21)19(23)13-15(2)24-20/h4-6,13,16,18H,3,7-12,14H2,1-2H3,(H2,23,24). The molecule has 0 spiro atoms. The first-order valence-corrected chi connectivity index (χ1v) is 9.98. The monoisotopic (exact) mass is 370 g/mol. The van der Waals surface area contributed by atoms with Crippen LogP contribution in [-0.2, 0) is 9.53 Å². The normalized spacial score (nSPS) is 19.9. The van der Waals surface area contributed by atoms with Crippen molar-refractivity contribution < 1.29 is 14.3 Å². The zero-order valence-corrected chi connectivity index (χ0v) is 16.4. The van der Waals surface area contributed by atoms with Crippen molar-refractivity contribution in [2.75, 3.05) is 18.9 Å². The van der Waals surface area contributed by atoms with Crippen molar-refractivity contribution in [2.45, 2.75) is 58.5 Å². The van der Waals surface area contributed by atoms with Crippen molar-refractivity contribution in [3.8, 4) is 5.75 Å². The number of nitrogens with zero attached hydrogens (tertiary/aromatic N) is 1. The Kier molecular flexibility index (Phi) is 6.67. The topological polar surface area (TPSA) is 74.4 Å². The summed E-state index contributed by atoms with van der Waals surface area (Å²) in [4.78, 5) is 16.3. The summed E-state index contributed by atoms with van der Waals surface area (Å²) in [6.45, 7) is 4.71. The molecule has 2 N–H and O–H groups in total. The van der Waals surface area contributed by atoms with Crippen molar-refractivity contribution in [3.05, 3.63) is 30.0 Å². The lowest BCUT2D eigenvalue weighted by Crippen LogP contribution is -2.25. The second-order valence-electron chi connectivity index (χ2n) is 7.48. The molecule has 1 heterocycles. The Bertz CT molecular complexity index is 782. The number of nitrogen functional groups attached to an aromatic ring is 1. The highest BCUT2D eigenvalue weighted by molar-refractivity contribution is 5.95. The fraction of sp³-hybridized carbons (Fsp3) is 0.545. The predicted octanol–water partition coefficient (Wildman–Crippen LogP) is 4.45. The third-order valence-electron chi connectivity index (χ3n) is 5.34. The number of aryl methyl sites for hydroxylation is 1. The highest BCUT2D eigenvalue weighted by Crippen LogP contribution is 2.35. The molecular weight excluding hydrogens is 340 g/mol. The molecule has 3 rings (SSSR count). The molecule has 5 heteroatoms. The molecule has 2 aromatic rings. The maximum Gasteiger partial charge on any atom is 0.158 e. The van der Waals surface area contributed by atoms with E-state index in [4.69, 9.17) is 15.2 Å². The quantitative estimate of drug-likeness (QED) is 0.743. The SMILES string of the molecule is CCOCC(=O)CCC1CCC(Oc2cccc3nc(C)cc(N)c23)CC1. The summed E-state index contributed by atoms with van der Waals surface area (Å²) in [5.74, 6) is 1.65. The van der Waals surface area contributed by atoms with Crippen molar-refractivity contribution in [1.82, 2.24) is 4.98 Å². The summed E-state index contributed by atoms with van der Waals surface area (Å²) in [5, 5.41) is 0.909. The molecule has 1 aromatic heterocycles. The number of aromatic nitrogens is 1. The number of hydrogen-bond donors (Lipinski definition) is 1. The van der Waals surface area contributed by atoms with Gasteiger partial charge >= 0.3 is 0 Å². The Hall–Kier alpha value is -2.14. The van der Waals surface area contributed by atoms with E-state index in [0.717, 1.165) is 60.1 Å². The molecule has 0 bridgehead atoms. The van der Waals surface area contributed by atoms with Crippen LogP contribution in [-0.4, -0.2) is 30.1 Å². The smallest absolute Gasteiger partial charge is 0.158 e. The number of ether oxygens (including phenoxy) is 2. The molecule has 5 nitrogen and oxygen atoms in total. The molecule has 1 saturated carbocycles. The maximum atomic E-state index is 11.8. The molecule has 1 fully saturated rings. The molecule has 0 saturated heterocycles. The Labute approximate surface area is 161 Å². The van der Waals surface area contributed by atoms with E-state index in [0.29, 0.717) is 18.9 Å². The highest BCUT2D eigenvalue weighted by Gasteiger charge is 2.23. The van der Waals surface area contributed by atoms with Crippen molar-refractivity contribution in [1.29, 1.82) is 0 Å². The van der Waals surface area contributed by atoms with Gasteiger partial charge in [-0.15, -0.1) is 0 Å². The number of hydrogen-bond acceptors (Lipinski definition) is 5. The van der Waals surface area contributed by atoms with Crippen LogP contribution in [0.25, 0.3) is 10.9 Å². The van der Waals surface area contributed by atoms with Gasteiger partial charge in [-0.3, -0.25) is 9.78 Å². The first-order chi connectivity index (χ1) is 13.1. The van der Waals surface area contributed by atoms with Gasteiger partial charge in [-0.25, -0.2) is 0 Å². The van der Waals surface area contributed by atoms with Crippen molar-refractivity contribution in [3.63, 3.8) is 0 Å². The van der Waals surface area contributed by atoms with Crippen molar-refractivity contribution in [2.24, 2.45) is 5.92 Å². The number of carbonyl (C=O) groups excluding carboxylic acids is 1. The summed E-state index contributed by atoms with van der Waals surface area (Å²) >= 11 is 0. The Balaban J connectivity index is 1.54. The lowest BCUT2D eigenvalue weighted by atomic mass is 9.84. The first-order valence-electron chi connectivity index (χ1n) is 9.98. The number of ketones is 1. The zero-order valence-electron chi connectivity index (χ0n) is 16.4. The van der Waals surface area contributed by atoms with E-state index in [-0.39, 0.29) is 18.5 Å². The Morgan fingerprint density at radius 3 is 2.78 bits per heavy atom. The van der Waals surface area contributed by atoms with E-state index in [1.165, 1.54) is 0 Å². The summed E-state index contributed by atoms with van der Waals surface area (Å²) in [6, 6.07) is 7.82. The van der Waals surface area contributed by atoms with Crippen LogP contribution in [0, 0.1) is 12.8 Å². The average Bonchev–Trinajstić information content (AvgIpc) is 2.65. The van der Waals surface area contributed by atoms with Crippen LogP contribution in [0.5, 0.6) is 5.75 Å². The van der Waals surface area contributed by atoms with Gasteiger partial charge in [0.1, 0.15) is 12.4 Å². The lowest BCUT2D eigenvalue weighted by molar-refractivity contribution is -0.123. The van der Waals surface area contributed by atoms with E-state index in [9.17, 15) is 4.79 Å². The largest absolute Gasteiger partial charge is 0.490 e. The van der Waals surface area contributed by atoms with Gasteiger partial charge < -0.3 is 15.2 Å². The van der Waals surface area contributed by atoms with E-state index in [1.54, 1.807) is 0 Å². The van der Waals surface area contributed by atoms with E-state index < -0.39 is 0 Å². The molecule has 27 heavy (non-hydrogen) atoms. The number of benzene rings is 1. The van der Waals surface area contributed by atoms with Crippen LogP contribution in [0.4, 0.5) is 5.69 Å². The van der Waals surface area contributed by atoms with Crippen LogP contribution in [0.1, 0.15) is 51.1 Å². The Morgan fingerprint density at radius 2 is 2.04 bits per heavy atom. The van der Waals surface area contributed by atoms with Gasteiger partial charge in [0.05, 0.1) is 17.0 Å². The van der Waals surface area contributed by atoms with Gasteiger partial charge in [-0.05, 0) is 70.1 Å². The van der Waals surface area contributed by atoms with Crippen LogP contribution in [0.3, 0.4) is 0 Å². The summed E-state index contributed by atoms with van der Waals surface area (Å²) in [5.41, 5.74) is 8.74. The van der Waals surface area contributed by atoms with E-state index in [1.807, 2.05) is 38.1 Å². The molecule has 0 atom stereocenters. The zero-order chi connectivity index (χ0) is 19.2. The summed E-state index contributed by atoms with van der Waals surface area (Å²) in [7, 11) is 0. The van der Waals surface area contributed by atoms with Crippen LogP contribution < -0.4 is 10.5 Å². The van der Waals surface area contributed by atoms with Crippen LogP contribution >= 0.6 is 0 Å². The lowest BCUT2D eigenvalue weighted by Gasteiger charge is -2.29. The molecular formula is C22H30N2O3. The van der Waals surface area contributed by atoms with Crippen molar-refractivity contribution >= 4 is 22.4 Å². The average molecular weight is 370 g/mol. The maximum absolute atomic E-state index is 11.8. The van der Waals surface area contributed by atoms with E-state index in [2.05, 4.69) is 4.98 Å². The third-order valence-corrected chi connectivity index (χ3v) is 5.34. The number of anilines is 1. The number of carbonyl (C=O) groups is 1. The molecule has 1 aromatic carbocycles. The fourth-order valence-electron chi connectivity index (χ4n) is 3.89. The molecule has 0 radical (unpaired) electrons. The van der Waals surface area contributed by atoms with Gasteiger partial charge in [0.15, 0.2) is 5.78 Å². The molecule has 0 unspecified atom stereocenters. The van der Waals surface area contributed by atoms with Gasteiger partial charge in [-0.2, -0.15) is 0 Å².